The lowest BCUT2D eigenvalue weighted by molar-refractivity contribution is -0.0482. The van der Waals surface area contributed by atoms with Crippen LogP contribution in [0.2, 0.25) is 0 Å². The Morgan fingerprint density at radius 3 is 0.753 bits per heavy atom. The molecule has 2 atom stereocenters. The lowest BCUT2D eigenvalue weighted by atomic mass is 9.91. The highest BCUT2D eigenvalue weighted by molar-refractivity contribution is 4.93. The van der Waals surface area contributed by atoms with Crippen LogP contribution in [0.3, 0.4) is 0 Å². The smallest absolute Gasteiger partial charge is 0.0654 e. The third kappa shape index (κ3) is 95.9. The summed E-state index contributed by atoms with van der Waals surface area (Å²) in [6.07, 6.45) is 99.9. The Morgan fingerprint density at radius 1 is 0.269 bits per heavy atom. The Balaban J connectivity index is -0.000000601. The van der Waals surface area contributed by atoms with Crippen molar-refractivity contribution < 1.29 is 14.6 Å². The first kappa shape index (κ1) is 99.0. The summed E-state index contributed by atoms with van der Waals surface area (Å²) < 4.78 is 12.7. The van der Waals surface area contributed by atoms with E-state index in [1.807, 2.05) is 0 Å². The number of hydrogen-bond acceptors (Lipinski definition) is 3. The van der Waals surface area contributed by atoms with Crippen molar-refractivity contribution in [1.29, 1.82) is 0 Å². The van der Waals surface area contributed by atoms with Gasteiger partial charge in [-0.2, -0.15) is 0 Å². The molecular formula is C90H186O3. The largest absolute Gasteiger partial charge is 0.396 e. The summed E-state index contributed by atoms with van der Waals surface area (Å²) >= 11 is 0. The standard InChI is InChI=1S/2C30H62O.C20H40.C10H22O/c1-5-8-11-14-17-19-22-25-28-30(4,27-24-21-16-13-10-7-3)31-29-26-23-20-18-15-12-9-6-2;1-4-7-10-13-16-18-21-24-27-30(26-23-20-15-12-9-6-3)29-31-28-25-22-19-17-14-11-8-5-2;1-4-6-8-10-12-13-15-17-19-20(3)18-16-14-11-9-7-5-2;1-2-3-4-5-6-7-8-9-10-11/h5-29H2,1-4H3;30H,4-29H2,1-3H3;3-19H2,1-2H3;11H,2-10H2,1H3. The van der Waals surface area contributed by atoms with Crippen LogP contribution >= 0.6 is 0 Å². The summed E-state index contributed by atoms with van der Waals surface area (Å²) in [5, 5.41) is 8.51. The highest BCUT2D eigenvalue weighted by Gasteiger charge is 2.24. The van der Waals surface area contributed by atoms with Crippen molar-refractivity contribution in [3.8, 4) is 0 Å². The molecule has 0 spiro atoms. The molecule has 0 radical (unpaired) electrons. The van der Waals surface area contributed by atoms with E-state index >= 15 is 0 Å². The molecule has 0 aliphatic heterocycles. The van der Waals surface area contributed by atoms with Crippen LogP contribution in [0, 0.1) is 5.92 Å². The first-order valence-electron chi connectivity index (χ1n) is 44.2. The quantitative estimate of drug-likeness (QED) is 0.0487. The van der Waals surface area contributed by atoms with E-state index in [0.717, 1.165) is 32.2 Å². The van der Waals surface area contributed by atoms with E-state index in [1.54, 1.807) is 0 Å². The zero-order valence-electron chi connectivity index (χ0n) is 67.3. The fourth-order valence-corrected chi connectivity index (χ4v) is 13.5. The van der Waals surface area contributed by atoms with Gasteiger partial charge in [0.15, 0.2) is 0 Å². The lowest BCUT2D eigenvalue weighted by Crippen LogP contribution is -2.29. The minimum atomic E-state index is 0.133. The molecule has 0 aliphatic rings. The SMILES string of the molecule is C=C(CCCCCCCC)CCCCCCCCCC.CCCCCCCCCCO.CCCCCCCCCCOC(C)(CCCCCCCC)CCCCCCCCCC.CCCCCCCCCCOCC(CCCCCCCC)CCCCCCCCCC. The Morgan fingerprint density at radius 2 is 0.484 bits per heavy atom. The van der Waals surface area contributed by atoms with Crippen LogP contribution in [0.5, 0.6) is 0 Å². The fourth-order valence-electron chi connectivity index (χ4n) is 13.5. The Labute approximate surface area is 593 Å². The molecule has 3 heteroatoms. The number of ether oxygens (including phenoxy) is 2. The molecule has 0 rings (SSSR count). The van der Waals surface area contributed by atoms with Crippen molar-refractivity contribution >= 4 is 0 Å². The molecule has 0 amide bonds. The van der Waals surface area contributed by atoms with Crippen molar-refractivity contribution in [2.24, 2.45) is 5.92 Å². The summed E-state index contributed by atoms with van der Waals surface area (Å²) in [6, 6.07) is 0. The molecular weight excluding hydrogens is 1130 g/mol. The van der Waals surface area contributed by atoms with Gasteiger partial charge < -0.3 is 14.6 Å². The highest BCUT2D eigenvalue weighted by atomic mass is 16.5. The average molecular weight is 1320 g/mol. The van der Waals surface area contributed by atoms with Gasteiger partial charge >= 0.3 is 0 Å². The topological polar surface area (TPSA) is 38.7 Å². The van der Waals surface area contributed by atoms with Gasteiger partial charge in [0.25, 0.3) is 0 Å². The molecule has 564 valence electrons. The van der Waals surface area contributed by atoms with E-state index in [-0.39, 0.29) is 5.60 Å². The third-order valence-electron chi connectivity index (χ3n) is 20.3. The zero-order valence-corrected chi connectivity index (χ0v) is 67.3. The molecule has 0 saturated heterocycles. The molecule has 0 saturated carbocycles. The highest BCUT2D eigenvalue weighted by Crippen LogP contribution is 2.28. The van der Waals surface area contributed by atoms with Crippen LogP contribution < -0.4 is 0 Å². The van der Waals surface area contributed by atoms with Gasteiger partial charge in [-0.15, -0.1) is 0 Å². The first-order chi connectivity index (χ1) is 45.8. The first-order valence-corrected chi connectivity index (χ1v) is 44.2. The summed E-state index contributed by atoms with van der Waals surface area (Å²) in [5.74, 6) is 0.820. The van der Waals surface area contributed by atoms with E-state index in [4.69, 9.17) is 14.6 Å². The lowest BCUT2D eigenvalue weighted by Gasteiger charge is -2.30. The molecule has 2 unspecified atom stereocenters. The van der Waals surface area contributed by atoms with Gasteiger partial charge in [0.2, 0.25) is 0 Å². The maximum atomic E-state index is 8.51. The molecule has 0 aliphatic carbocycles. The van der Waals surface area contributed by atoms with Gasteiger partial charge in [0.1, 0.15) is 0 Å². The van der Waals surface area contributed by atoms with Crippen molar-refractivity contribution in [2.45, 2.75) is 537 Å². The summed E-state index contributed by atoms with van der Waals surface area (Å²) in [5.41, 5.74) is 1.64. The number of aliphatic hydroxyl groups excluding tert-OH is 1. The van der Waals surface area contributed by atoms with Gasteiger partial charge in [0, 0.05) is 26.4 Å². The maximum Gasteiger partial charge on any atom is 0.0654 e. The zero-order chi connectivity index (χ0) is 68.8. The van der Waals surface area contributed by atoms with Gasteiger partial charge in [0.05, 0.1) is 5.60 Å². The van der Waals surface area contributed by atoms with Crippen molar-refractivity contribution in [3.63, 3.8) is 0 Å². The number of unbranched alkanes of at least 4 members (excludes halogenated alkanes) is 57. The normalized spacial score (nSPS) is 12.2. The van der Waals surface area contributed by atoms with E-state index < -0.39 is 0 Å². The second-order valence-electron chi connectivity index (χ2n) is 30.4. The molecule has 0 heterocycles. The van der Waals surface area contributed by atoms with Gasteiger partial charge in [-0.25, -0.2) is 0 Å². The number of allylic oxidation sites excluding steroid dienone is 1. The third-order valence-corrected chi connectivity index (χ3v) is 20.3. The summed E-state index contributed by atoms with van der Waals surface area (Å²) in [6.45, 7) is 30.7. The van der Waals surface area contributed by atoms with E-state index in [1.165, 1.54) is 461 Å². The Hall–Kier alpha value is -0.380. The monoisotopic (exact) mass is 1320 g/mol. The van der Waals surface area contributed by atoms with Crippen LogP contribution in [0.15, 0.2) is 12.2 Å². The molecule has 3 nitrogen and oxygen atoms in total. The Bertz CT molecular complexity index is 1220. The van der Waals surface area contributed by atoms with Gasteiger partial charge in [-0.05, 0) is 83.5 Å². The minimum Gasteiger partial charge on any atom is -0.396 e. The van der Waals surface area contributed by atoms with E-state index in [0.29, 0.717) is 6.61 Å². The fraction of sp³-hybridized carbons (Fsp3) is 0.978. The van der Waals surface area contributed by atoms with Crippen LogP contribution in [0.4, 0.5) is 0 Å². The predicted molar refractivity (Wildman–Crippen MR) is 428 cm³/mol. The summed E-state index contributed by atoms with van der Waals surface area (Å²) in [4.78, 5) is 0. The molecule has 93 heavy (non-hydrogen) atoms. The number of rotatable bonds is 77. The summed E-state index contributed by atoms with van der Waals surface area (Å²) in [7, 11) is 0. The van der Waals surface area contributed by atoms with E-state index in [2.05, 4.69) is 75.8 Å². The molecule has 0 fully saturated rings. The van der Waals surface area contributed by atoms with Gasteiger partial charge in [-0.3, -0.25) is 0 Å². The Kier molecular flexibility index (Phi) is 99.7. The molecule has 0 aromatic heterocycles. The van der Waals surface area contributed by atoms with E-state index in [9.17, 15) is 0 Å². The molecule has 1 N–H and O–H groups in total. The van der Waals surface area contributed by atoms with Crippen LogP contribution in [0.25, 0.3) is 0 Å². The van der Waals surface area contributed by atoms with Crippen molar-refractivity contribution in [2.75, 3.05) is 26.4 Å². The van der Waals surface area contributed by atoms with Crippen LogP contribution in [-0.4, -0.2) is 37.1 Å². The van der Waals surface area contributed by atoms with Crippen molar-refractivity contribution in [3.05, 3.63) is 12.2 Å². The van der Waals surface area contributed by atoms with Gasteiger partial charge in [-0.1, -0.05) is 466 Å². The predicted octanol–water partition coefficient (Wildman–Crippen LogP) is 33.2. The second-order valence-corrected chi connectivity index (χ2v) is 30.4. The average Bonchev–Trinajstić information content (AvgIpc) is 3.59. The maximum absolute atomic E-state index is 8.51. The van der Waals surface area contributed by atoms with Crippen LogP contribution in [-0.2, 0) is 9.47 Å². The van der Waals surface area contributed by atoms with Crippen molar-refractivity contribution in [1.82, 2.24) is 0 Å². The molecule has 0 aromatic carbocycles. The molecule has 0 aromatic rings. The van der Waals surface area contributed by atoms with Crippen LogP contribution in [0.1, 0.15) is 532 Å². The molecule has 0 bridgehead atoms. The second kappa shape index (κ2) is 93.7. The number of hydrogen-bond donors (Lipinski definition) is 1. The minimum absolute atomic E-state index is 0.133. The number of aliphatic hydroxyl groups is 1.